The number of halogens is 3. The summed E-state index contributed by atoms with van der Waals surface area (Å²) in [6.45, 7) is 1.34. The monoisotopic (exact) mass is 205 g/mol. The zero-order chi connectivity index (χ0) is 10.9. The Kier molecular flexibility index (Phi) is 3.13. The van der Waals surface area contributed by atoms with E-state index < -0.39 is 29.6 Å². The zero-order valence-corrected chi connectivity index (χ0v) is 7.47. The maximum Gasteiger partial charge on any atom is 0.194 e. The molecule has 0 heterocycles. The fourth-order valence-electron chi connectivity index (χ4n) is 1.06. The molecule has 2 nitrogen and oxygen atoms in total. The van der Waals surface area contributed by atoms with E-state index in [-0.39, 0.29) is 5.56 Å². The average molecular weight is 205 g/mol. The fourth-order valence-corrected chi connectivity index (χ4v) is 1.06. The molecule has 0 bridgehead atoms. The van der Waals surface area contributed by atoms with Gasteiger partial charge in [0.2, 0.25) is 0 Å². The van der Waals surface area contributed by atoms with Gasteiger partial charge in [0.05, 0.1) is 12.1 Å². The van der Waals surface area contributed by atoms with E-state index in [1.54, 1.807) is 0 Å². The molecule has 5 heteroatoms. The molecule has 0 aromatic heterocycles. The largest absolute Gasteiger partial charge is 0.391 e. The van der Waals surface area contributed by atoms with Crippen LogP contribution in [0.3, 0.4) is 0 Å². The maximum absolute atomic E-state index is 13.1. The van der Waals surface area contributed by atoms with Crippen molar-refractivity contribution in [2.45, 2.75) is 19.1 Å². The molecule has 14 heavy (non-hydrogen) atoms. The van der Waals surface area contributed by atoms with Crippen LogP contribution < -0.4 is 5.73 Å². The SMILES string of the molecule is CC(O)[C@H](N)c1ccc(F)c(F)c1F. The number of nitrogens with two attached hydrogens (primary N) is 1. The van der Waals surface area contributed by atoms with Crippen LogP contribution in [0.5, 0.6) is 0 Å². The van der Waals surface area contributed by atoms with Gasteiger partial charge in [-0.1, -0.05) is 6.07 Å². The number of aliphatic hydroxyl groups is 1. The van der Waals surface area contributed by atoms with Crippen LogP contribution >= 0.6 is 0 Å². The predicted molar refractivity (Wildman–Crippen MR) is 44.9 cm³/mol. The first-order valence-corrected chi connectivity index (χ1v) is 4.02. The van der Waals surface area contributed by atoms with Gasteiger partial charge < -0.3 is 10.8 Å². The topological polar surface area (TPSA) is 46.2 Å². The summed E-state index contributed by atoms with van der Waals surface area (Å²) in [7, 11) is 0. The fraction of sp³-hybridized carbons (Fsp3) is 0.333. The minimum absolute atomic E-state index is 0.237. The van der Waals surface area contributed by atoms with Crippen molar-refractivity contribution in [1.82, 2.24) is 0 Å². The summed E-state index contributed by atoms with van der Waals surface area (Å²) in [5.41, 5.74) is 5.14. The van der Waals surface area contributed by atoms with Crippen LogP contribution in [-0.2, 0) is 0 Å². The van der Waals surface area contributed by atoms with Crippen LogP contribution in [-0.4, -0.2) is 11.2 Å². The molecule has 1 aromatic rings. The highest BCUT2D eigenvalue weighted by Crippen LogP contribution is 2.21. The van der Waals surface area contributed by atoms with Gasteiger partial charge in [0.15, 0.2) is 17.5 Å². The third-order valence-corrected chi connectivity index (χ3v) is 1.94. The van der Waals surface area contributed by atoms with Gasteiger partial charge in [-0.05, 0) is 13.0 Å². The number of benzene rings is 1. The van der Waals surface area contributed by atoms with E-state index >= 15 is 0 Å². The standard InChI is InChI=1S/C9H10F3NO/c1-4(14)9(13)5-2-3-6(10)8(12)7(5)11/h2-4,9,14H,13H2,1H3/t4?,9-/m0/s1. The molecule has 0 aliphatic rings. The third-order valence-electron chi connectivity index (χ3n) is 1.94. The molecule has 0 saturated carbocycles. The van der Waals surface area contributed by atoms with Crippen LogP contribution in [0.1, 0.15) is 18.5 Å². The van der Waals surface area contributed by atoms with E-state index in [4.69, 9.17) is 10.8 Å². The summed E-state index contributed by atoms with van der Waals surface area (Å²) in [6, 6.07) is 0.728. The average Bonchev–Trinajstić information content (AvgIpc) is 2.13. The minimum atomic E-state index is -1.57. The quantitative estimate of drug-likeness (QED) is 0.718. The molecule has 0 radical (unpaired) electrons. The molecular weight excluding hydrogens is 195 g/mol. The van der Waals surface area contributed by atoms with Crippen LogP contribution in [0.15, 0.2) is 12.1 Å². The van der Waals surface area contributed by atoms with Crippen molar-refractivity contribution in [2.24, 2.45) is 5.73 Å². The molecular formula is C9H10F3NO. The van der Waals surface area contributed by atoms with Gasteiger partial charge in [0.1, 0.15) is 0 Å². The van der Waals surface area contributed by atoms with Crippen LogP contribution in [0.4, 0.5) is 13.2 Å². The smallest absolute Gasteiger partial charge is 0.194 e. The first-order chi connectivity index (χ1) is 6.45. The summed E-state index contributed by atoms with van der Waals surface area (Å²) in [4.78, 5) is 0. The van der Waals surface area contributed by atoms with Gasteiger partial charge in [0, 0.05) is 5.56 Å². The van der Waals surface area contributed by atoms with Crippen LogP contribution in [0.2, 0.25) is 0 Å². The van der Waals surface area contributed by atoms with Crippen LogP contribution in [0, 0.1) is 17.5 Å². The van der Waals surface area contributed by atoms with E-state index in [1.165, 1.54) is 6.92 Å². The second-order valence-electron chi connectivity index (χ2n) is 3.03. The van der Waals surface area contributed by atoms with Crippen molar-refractivity contribution in [1.29, 1.82) is 0 Å². The normalized spacial score (nSPS) is 15.3. The summed E-state index contributed by atoms with van der Waals surface area (Å²) < 4.78 is 38.3. The van der Waals surface area contributed by atoms with Gasteiger partial charge in [-0.15, -0.1) is 0 Å². The van der Waals surface area contributed by atoms with Crippen molar-refractivity contribution < 1.29 is 18.3 Å². The lowest BCUT2D eigenvalue weighted by Gasteiger charge is -2.15. The maximum atomic E-state index is 13.1. The Labute approximate surface area is 79.2 Å². The Morgan fingerprint density at radius 3 is 2.29 bits per heavy atom. The molecule has 78 valence electrons. The van der Waals surface area contributed by atoms with Crippen molar-refractivity contribution in [3.05, 3.63) is 35.1 Å². The predicted octanol–water partition coefficient (Wildman–Crippen LogP) is 1.48. The molecule has 2 atom stereocenters. The summed E-state index contributed by atoms with van der Waals surface area (Å²) in [6.07, 6.45) is -1.03. The summed E-state index contributed by atoms with van der Waals surface area (Å²) >= 11 is 0. The molecule has 0 spiro atoms. The molecule has 1 aromatic carbocycles. The lowest BCUT2D eigenvalue weighted by Crippen LogP contribution is -2.24. The lowest BCUT2D eigenvalue weighted by atomic mass is 10.0. The van der Waals surface area contributed by atoms with Crippen molar-refractivity contribution >= 4 is 0 Å². The number of hydrogen-bond donors (Lipinski definition) is 2. The summed E-state index contributed by atoms with van der Waals surface area (Å²) in [5, 5.41) is 9.05. The molecule has 0 aliphatic carbocycles. The van der Waals surface area contributed by atoms with Crippen molar-refractivity contribution in [3.8, 4) is 0 Å². The van der Waals surface area contributed by atoms with Gasteiger partial charge >= 0.3 is 0 Å². The molecule has 0 amide bonds. The highest BCUT2D eigenvalue weighted by Gasteiger charge is 2.20. The molecule has 0 fully saturated rings. The summed E-state index contributed by atoms with van der Waals surface area (Å²) in [5.74, 6) is -4.19. The van der Waals surface area contributed by atoms with E-state index in [1.807, 2.05) is 0 Å². The Balaban J connectivity index is 3.17. The first-order valence-electron chi connectivity index (χ1n) is 4.02. The van der Waals surface area contributed by atoms with Gasteiger partial charge in [-0.2, -0.15) is 0 Å². The van der Waals surface area contributed by atoms with Gasteiger partial charge in [-0.3, -0.25) is 0 Å². The Morgan fingerprint density at radius 1 is 1.21 bits per heavy atom. The van der Waals surface area contributed by atoms with E-state index in [0.717, 1.165) is 12.1 Å². The molecule has 0 saturated heterocycles. The highest BCUT2D eigenvalue weighted by molar-refractivity contribution is 5.24. The van der Waals surface area contributed by atoms with E-state index in [9.17, 15) is 13.2 Å². The Morgan fingerprint density at radius 2 is 1.79 bits per heavy atom. The second kappa shape index (κ2) is 3.98. The van der Waals surface area contributed by atoms with Gasteiger partial charge in [0.25, 0.3) is 0 Å². The van der Waals surface area contributed by atoms with Crippen LogP contribution in [0.25, 0.3) is 0 Å². The molecule has 1 unspecified atom stereocenters. The second-order valence-corrected chi connectivity index (χ2v) is 3.03. The molecule has 3 N–H and O–H groups in total. The van der Waals surface area contributed by atoms with Crippen molar-refractivity contribution in [2.75, 3.05) is 0 Å². The van der Waals surface area contributed by atoms with Gasteiger partial charge in [-0.25, -0.2) is 13.2 Å². The van der Waals surface area contributed by atoms with E-state index in [2.05, 4.69) is 0 Å². The van der Waals surface area contributed by atoms with E-state index in [0.29, 0.717) is 0 Å². The molecule has 0 aliphatic heterocycles. The number of hydrogen-bond acceptors (Lipinski definition) is 2. The minimum Gasteiger partial charge on any atom is -0.391 e. The number of aliphatic hydroxyl groups excluding tert-OH is 1. The molecule has 1 rings (SSSR count). The highest BCUT2D eigenvalue weighted by atomic mass is 19.2. The zero-order valence-electron chi connectivity index (χ0n) is 7.47. The lowest BCUT2D eigenvalue weighted by molar-refractivity contribution is 0.162. The van der Waals surface area contributed by atoms with Crippen molar-refractivity contribution in [3.63, 3.8) is 0 Å². The Hall–Kier alpha value is -1.07. The third kappa shape index (κ3) is 1.88. The Bertz CT molecular complexity index is 341. The first kappa shape index (κ1) is 11.0. The number of rotatable bonds is 2.